The molecule has 2 heteroatoms. The van der Waals surface area contributed by atoms with Gasteiger partial charge >= 0.3 is 0 Å². The van der Waals surface area contributed by atoms with Crippen LogP contribution in [0.2, 0.25) is 0 Å². The largest absolute Gasteiger partial charge is 0.381 e. The summed E-state index contributed by atoms with van der Waals surface area (Å²) in [6.07, 6.45) is 2.19. The maximum Gasteiger partial charge on any atom is 0.0478 e. The van der Waals surface area contributed by atoms with Gasteiger partial charge in [0.15, 0.2) is 0 Å². The molecule has 0 bridgehead atoms. The summed E-state index contributed by atoms with van der Waals surface area (Å²) in [5, 5.41) is 3.50. The SMILES string of the molecule is CCCOCCCNCc1c(C)cc(C)cc1C. The molecule has 1 N–H and O–H groups in total. The Kier molecular flexibility index (Phi) is 6.99. The summed E-state index contributed by atoms with van der Waals surface area (Å²) in [6, 6.07) is 4.52. The van der Waals surface area contributed by atoms with Gasteiger partial charge in [0.25, 0.3) is 0 Å². The molecule has 2 nitrogen and oxygen atoms in total. The van der Waals surface area contributed by atoms with Gasteiger partial charge in [-0.15, -0.1) is 0 Å². The molecule has 0 heterocycles. The molecule has 0 aliphatic carbocycles. The molecule has 0 amide bonds. The van der Waals surface area contributed by atoms with E-state index in [4.69, 9.17) is 4.74 Å². The summed E-state index contributed by atoms with van der Waals surface area (Å²) in [5.41, 5.74) is 5.57. The van der Waals surface area contributed by atoms with Crippen molar-refractivity contribution in [3.63, 3.8) is 0 Å². The van der Waals surface area contributed by atoms with Gasteiger partial charge in [-0.25, -0.2) is 0 Å². The zero-order valence-corrected chi connectivity index (χ0v) is 12.3. The van der Waals surface area contributed by atoms with Gasteiger partial charge in [0.05, 0.1) is 0 Å². The summed E-state index contributed by atoms with van der Waals surface area (Å²) >= 11 is 0. The lowest BCUT2D eigenvalue weighted by atomic mass is 10.00. The predicted molar refractivity (Wildman–Crippen MR) is 78.1 cm³/mol. The molecule has 0 saturated heterocycles. The minimum Gasteiger partial charge on any atom is -0.381 e. The van der Waals surface area contributed by atoms with Crippen molar-refractivity contribution < 1.29 is 4.74 Å². The van der Waals surface area contributed by atoms with Gasteiger partial charge in [0.2, 0.25) is 0 Å². The van der Waals surface area contributed by atoms with Crippen LogP contribution in [-0.2, 0) is 11.3 Å². The van der Waals surface area contributed by atoms with Gasteiger partial charge in [-0.05, 0) is 56.8 Å². The molecule has 102 valence electrons. The molecule has 0 fully saturated rings. The van der Waals surface area contributed by atoms with Crippen LogP contribution in [0.15, 0.2) is 12.1 Å². The molecule has 0 spiro atoms. The number of hydrogen-bond acceptors (Lipinski definition) is 2. The van der Waals surface area contributed by atoms with Gasteiger partial charge in [-0.2, -0.15) is 0 Å². The monoisotopic (exact) mass is 249 g/mol. The number of rotatable bonds is 8. The van der Waals surface area contributed by atoms with Crippen molar-refractivity contribution >= 4 is 0 Å². The molecule has 0 radical (unpaired) electrons. The predicted octanol–water partition coefficient (Wildman–Crippen LogP) is 3.52. The van der Waals surface area contributed by atoms with E-state index >= 15 is 0 Å². The Balaban J connectivity index is 2.27. The molecule has 0 saturated carbocycles. The zero-order valence-electron chi connectivity index (χ0n) is 12.3. The summed E-state index contributed by atoms with van der Waals surface area (Å²) < 4.78 is 5.46. The highest BCUT2D eigenvalue weighted by molar-refractivity contribution is 5.37. The highest BCUT2D eigenvalue weighted by atomic mass is 16.5. The Morgan fingerprint density at radius 2 is 1.72 bits per heavy atom. The van der Waals surface area contributed by atoms with Crippen molar-refractivity contribution in [1.82, 2.24) is 5.32 Å². The highest BCUT2D eigenvalue weighted by Gasteiger charge is 2.02. The Labute approximate surface area is 112 Å². The zero-order chi connectivity index (χ0) is 13.4. The summed E-state index contributed by atoms with van der Waals surface area (Å²) in [5.74, 6) is 0. The first-order valence-electron chi connectivity index (χ1n) is 7.00. The first kappa shape index (κ1) is 15.2. The minimum atomic E-state index is 0.868. The smallest absolute Gasteiger partial charge is 0.0478 e. The van der Waals surface area contributed by atoms with Crippen LogP contribution in [0.5, 0.6) is 0 Å². The van der Waals surface area contributed by atoms with Gasteiger partial charge in [0.1, 0.15) is 0 Å². The van der Waals surface area contributed by atoms with E-state index in [0.717, 1.165) is 39.1 Å². The first-order chi connectivity index (χ1) is 8.65. The average Bonchev–Trinajstić information content (AvgIpc) is 2.30. The fraction of sp³-hybridized carbons (Fsp3) is 0.625. The first-order valence-corrected chi connectivity index (χ1v) is 7.00. The molecule has 1 rings (SSSR count). The minimum absolute atomic E-state index is 0.868. The van der Waals surface area contributed by atoms with E-state index in [1.807, 2.05) is 0 Å². The average molecular weight is 249 g/mol. The second-order valence-corrected chi connectivity index (χ2v) is 5.02. The quantitative estimate of drug-likeness (QED) is 0.712. The fourth-order valence-electron chi connectivity index (χ4n) is 2.25. The fourth-order valence-corrected chi connectivity index (χ4v) is 2.25. The Bertz CT molecular complexity index is 337. The molecule has 1 aromatic carbocycles. The Morgan fingerprint density at radius 3 is 2.33 bits per heavy atom. The van der Waals surface area contributed by atoms with E-state index in [9.17, 15) is 0 Å². The van der Waals surface area contributed by atoms with Crippen LogP contribution in [0.25, 0.3) is 0 Å². The molecule has 18 heavy (non-hydrogen) atoms. The number of aryl methyl sites for hydroxylation is 3. The lowest BCUT2D eigenvalue weighted by Crippen LogP contribution is -2.18. The third-order valence-corrected chi connectivity index (χ3v) is 3.13. The standard InChI is InChI=1S/C16H27NO/c1-5-8-18-9-6-7-17-12-16-14(3)10-13(2)11-15(16)4/h10-11,17H,5-9,12H2,1-4H3. The summed E-state index contributed by atoms with van der Waals surface area (Å²) in [6.45, 7) is 12.4. The van der Waals surface area contributed by atoms with Crippen LogP contribution in [0, 0.1) is 20.8 Å². The van der Waals surface area contributed by atoms with Crippen molar-refractivity contribution in [3.8, 4) is 0 Å². The van der Waals surface area contributed by atoms with E-state index in [0.29, 0.717) is 0 Å². The van der Waals surface area contributed by atoms with Crippen LogP contribution >= 0.6 is 0 Å². The van der Waals surface area contributed by atoms with Crippen molar-refractivity contribution in [2.24, 2.45) is 0 Å². The maximum absolute atomic E-state index is 5.46. The van der Waals surface area contributed by atoms with Gasteiger partial charge < -0.3 is 10.1 Å². The van der Waals surface area contributed by atoms with Crippen molar-refractivity contribution in [2.75, 3.05) is 19.8 Å². The van der Waals surface area contributed by atoms with Gasteiger partial charge in [-0.3, -0.25) is 0 Å². The van der Waals surface area contributed by atoms with Crippen LogP contribution < -0.4 is 5.32 Å². The van der Waals surface area contributed by atoms with Crippen LogP contribution in [0.1, 0.15) is 42.0 Å². The molecule has 0 aliphatic rings. The lowest BCUT2D eigenvalue weighted by Gasteiger charge is -2.12. The van der Waals surface area contributed by atoms with Crippen LogP contribution in [0.3, 0.4) is 0 Å². The van der Waals surface area contributed by atoms with Crippen molar-refractivity contribution in [1.29, 1.82) is 0 Å². The number of nitrogens with one attached hydrogen (secondary N) is 1. The number of ether oxygens (including phenoxy) is 1. The van der Waals surface area contributed by atoms with E-state index < -0.39 is 0 Å². The van der Waals surface area contributed by atoms with Gasteiger partial charge in [0, 0.05) is 19.8 Å². The second-order valence-electron chi connectivity index (χ2n) is 5.02. The Morgan fingerprint density at radius 1 is 1.06 bits per heavy atom. The number of benzene rings is 1. The number of hydrogen-bond donors (Lipinski definition) is 1. The molecule has 0 unspecified atom stereocenters. The molecule has 1 aromatic rings. The van der Waals surface area contributed by atoms with Crippen molar-refractivity contribution in [2.45, 2.75) is 47.1 Å². The molecule has 0 aromatic heterocycles. The van der Waals surface area contributed by atoms with E-state index in [1.54, 1.807) is 0 Å². The molecular weight excluding hydrogens is 222 g/mol. The molecule has 0 atom stereocenters. The third kappa shape index (κ3) is 5.19. The van der Waals surface area contributed by atoms with E-state index in [1.165, 1.54) is 22.3 Å². The second kappa shape index (κ2) is 8.28. The third-order valence-electron chi connectivity index (χ3n) is 3.13. The lowest BCUT2D eigenvalue weighted by molar-refractivity contribution is 0.132. The highest BCUT2D eigenvalue weighted by Crippen LogP contribution is 2.15. The topological polar surface area (TPSA) is 21.3 Å². The molecular formula is C16H27NO. The van der Waals surface area contributed by atoms with Crippen molar-refractivity contribution in [3.05, 3.63) is 34.4 Å². The van der Waals surface area contributed by atoms with Crippen LogP contribution in [0.4, 0.5) is 0 Å². The normalized spacial score (nSPS) is 10.9. The van der Waals surface area contributed by atoms with Crippen LogP contribution in [-0.4, -0.2) is 19.8 Å². The Hall–Kier alpha value is -0.860. The molecule has 0 aliphatic heterocycles. The summed E-state index contributed by atoms with van der Waals surface area (Å²) in [7, 11) is 0. The van der Waals surface area contributed by atoms with E-state index in [2.05, 4.69) is 45.1 Å². The maximum atomic E-state index is 5.46. The summed E-state index contributed by atoms with van der Waals surface area (Å²) in [4.78, 5) is 0. The van der Waals surface area contributed by atoms with Gasteiger partial charge in [-0.1, -0.05) is 24.6 Å². The van der Waals surface area contributed by atoms with E-state index in [-0.39, 0.29) is 0 Å².